The Balaban J connectivity index is 1.74. The fraction of sp³-hybridized carbons (Fsp3) is 0.333. The number of anilines is 1. The lowest BCUT2D eigenvalue weighted by Gasteiger charge is -2.28. The van der Waals surface area contributed by atoms with Gasteiger partial charge in [0.15, 0.2) is 0 Å². The number of amides is 2. The highest BCUT2D eigenvalue weighted by atomic mass is 19.4. The van der Waals surface area contributed by atoms with Gasteiger partial charge >= 0.3 is 6.36 Å². The standard InChI is InChI=1S/C21H21F3N2O3/c1-13(2)11-18(26-12-14-5-3-4-6-17(14)20(26)28)19(27)25-15-7-9-16(10-8-15)29-21(22,23)24/h3-10,13,18H,11-12H2,1-2H3,(H,25,27). The number of nitrogens with zero attached hydrogens (tertiary/aromatic N) is 1. The summed E-state index contributed by atoms with van der Waals surface area (Å²) in [5.74, 6) is -0.802. The Hall–Kier alpha value is -3.03. The first-order chi connectivity index (χ1) is 13.6. The van der Waals surface area contributed by atoms with E-state index in [2.05, 4.69) is 10.1 Å². The van der Waals surface area contributed by atoms with Crippen LogP contribution in [-0.4, -0.2) is 29.1 Å². The van der Waals surface area contributed by atoms with E-state index in [9.17, 15) is 22.8 Å². The second kappa shape index (κ2) is 8.14. The summed E-state index contributed by atoms with van der Waals surface area (Å²) >= 11 is 0. The molecule has 1 N–H and O–H groups in total. The normalized spacial score (nSPS) is 14.7. The molecular weight excluding hydrogens is 385 g/mol. The highest BCUT2D eigenvalue weighted by Gasteiger charge is 2.36. The van der Waals surface area contributed by atoms with Crippen LogP contribution in [-0.2, 0) is 11.3 Å². The number of hydrogen-bond donors (Lipinski definition) is 1. The van der Waals surface area contributed by atoms with Crippen molar-refractivity contribution in [3.05, 3.63) is 59.7 Å². The number of halogens is 3. The van der Waals surface area contributed by atoms with Crippen LogP contribution in [0.2, 0.25) is 0 Å². The monoisotopic (exact) mass is 406 g/mol. The molecule has 154 valence electrons. The topological polar surface area (TPSA) is 58.6 Å². The molecule has 0 spiro atoms. The van der Waals surface area contributed by atoms with Crippen molar-refractivity contribution in [3.8, 4) is 5.75 Å². The lowest BCUT2D eigenvalue weighted by atomic mass is 10.0. The van der Waals surface area contributed by atoms with Gasteiger partial charge in [-0.1, -0.05) is 32.0 Å². The van der Waals surface area contributed by atoms with Crippen LogP contribution >= 0.6 is 0 Å². The van der Waals surface area contributed by atoms with Crippen molar-refractivity contribution in [1.29, 1.82) is 0 Å². The molecule has 0 saturated heterocycles. The Morgan fingerprint density at radius 1 is 1.14 bits per heavy atom. The number of ether oxygens (including phenoxy) is 1. The SMILES string of the molecule is CC(C)CC(C(=O)Nc1ccc(OC(F)(F)F)cc1)N1Cc2ccccc2C1=O. The van der Waals surface area contributed by atoms with E-state index in [0.717, 1.165) is 17.7 Å². The molecule has 1 aliphatic heterocycles. The zero-order valence-electron chi connectivity index (χ0n) is 16.0. The summed E-state index contributed by atoms with van der Waals surface area (Å²) in [4.78, 5) is 27.2. The van der Waals surface area contributed by atoms with Crippen molar-refractivity contribution >= 4 is 17.5 Å². The molecule has 8 heteroatoms. The van der Waals surface area contributed by atoms with Crippen LogP contribution < -0.4 is 10.1 Å². The third-order valence-corrected chi connectivity index (χ3v) is 4.58. The summed E-state index contributed by atoms with van der Waals surface area (Å²) in [7, 11) is 0. The summed E-state index contributed by atoms with van der Waals surface area (Å²) in [6.07, 6.45) is -4.32. The van der Waals surface area contributed by atoms with E-state index in [0.29, 0.717) is 24.2 Å². The van der Waals surface area contributed by atoms with Gasteiger partial charge in [0.25, 0.3) is 5.91 Å². The molecule has 3 rings (SSSR count). The molecule has 2 aromatic rings. The molecule has 1 aliphatic rings. The third kappa shape index (κ3) is 5.07. The molecule has 2 amide bonds. The number of hydrogen-bond acceptors (Lipinski definition) is 3. The molecule has 0 bridgehead atoms. The van der Waals surface area contributed by atoms with Crippen LogP contribution in [0.1, 0.15) is 36.2 Å². The summed E-state index contributed by atoms with van der Waals surface area (Å²) in [6, 6.07) is 11.4. The zero-order valence-corrected chi connectivity index (χ0v) is 16.0. The second-order valence-corrected chi connectivity index (χ2v) is 7.30. The van der Waals surface area contributed by atoms with Gasteiger partial charge in [0.05, 0.1) is 0 Å². The van der Waals surface area contributed by atoms with Crippen molar-refractivity contribution in [2.45, 2.75) is 39.2 Å². The predicted octanol–water partition coefficient (Wildman–Crippen LogP) is 4.59. The maximum atomic E-state index is 12.9. The van der Waals surface area contributed by atoms with Crippen molar-refractivity contribution in [2.75, 3.05) is 5.32 Å². The van der Waals surface area contributed by atoms with Gasteiger partial charge in [-0.3, -0.25) is 9.59 Å². The molecule has 5 nitrogen and oxygen atoms in total. The number of rotatable bonds is 6. The van der Waals surface area contributed by atoms with Gasteiger partial charge in [0, 0.05) is 17.8 Å². The van der Waals surface area contributed by atoms with Gasteiger partial charge in [-0.15, -0.1) is 13.2 Å². The number of nitrogens with one attached hydrogen (secondary N) is 1. The molecule has 0 saturated carbocycles. The van der Waals surface area contributed by atoms with Crippen LogP contribution in [0.15, 0.2) is 48.5 Å². The van der Waals surface area contributed by atoms with E-state index >= 15 is 0 Å². The Labute approximate surface area is 166 Å². The van der Waals surface area contributed by atoms with Crippen molar-refractivity contribution in [1.82, 2.24) is 4.90 Å². The van der Waals surface area contributed by atoms with Gasteiger partial charge in [-0.25, -0.2) is 0 Å². The molecule has 0 aromatic heterocycles. The Bertz CT molecular complexity index is 895. The van der Waals surface area contributed by atoms with Gasteiger partial charge in [-0.2, -0.15) is 0 Å². The minimum atomic E-state index is -4.78. The van der Waals surface area contributed by atoms with E-state index in [4.69, 9.17) is 0 Å². The van der Waals surface area contributed by atoms with E-state index in [-0.39, 0.29) is 23.5 Å². The van der Waals surface area contributed by atoms with Crippen molar-refractivity contribution < 1.29 is 27.5 Å². The number of carbonyl (C=O) groups is 2. The third-order valence-electron chi connectivity index (χ3n) is 4.58. The minimum absolute atomic E-state index is 0.157. The van der Waals surface area contributed by atoms with E-state index < -0.39 is 12.4 Å². The minimum Gasteiger partial charge on any atom is -0.406 e. The van der Waals surface area contributed by atoms with Gasteiger partial charge in [0.1, 0.15) is 11.8 Å². The molecule has 2 aromatic carbocycles. The molecular formula is C21H21F3N2O3. The zero-order chi connectivity index (χ0) is 21.2. The smallest absolute Gasteiger partial charge is 0.406 e. The summed E-state index contributed by atoms with van der Waals surface area (Å²) in [6.45, 7) is 4.26. The Morgan fingerprint density at radius 2 is 1.79 bits per heavy atom. The molecule has 0 radical (unpaired) electrons. The van der Waals surface area contributed by atoms with Crippen LogP contribution in [0.4, 0.5) is 18.9 Å². The maximum Gasteiger partial charge on any atom is 0.573 e. The average molecular weight is 406 g/mol. The first-order valence-corrected chi connectivity index (χ1v) is 9.19. The quantitative estimate of drug-likeness (QED) is 0.763. The summed E-state index contributed by atoms with van der Waals surface area (Å²) in [5.41, 5.74) is 1.78. The highest BCUT2D eigenvalue weighted by molar-refractivity contribution is 6.03. The van der Waals surface area contributed by atoms with Crippen LogP contribution in [0.3, 0.4) is 0 Å². The largest absolute Gasteiger partial charge is 0.573 e. The lowest BCUT2D eigenvalue weighted by molar-refractivity contribution is -0.274. The first kappa shape index (κ1) is 20.7. The van der Waals surface area contributed by atoms with Crippen LogP contribution in [0, 0.1) is 5.92 Å². The highest BCUT2D eigenvalue weighted by Crippen LogP contribution is 2.28. The number of alkyl halides is 3. The second-order valence-electron chi connectivity index (χ2n) is 7.30. The first-order valence-electron chi connectivity index (χ1n) is 9.19. The van der Waals surface area contributed by atoms with E-state index in [1.54, 1.807) is 17.0 Å². The van der Waals surface area contributed by atoms with Crippen molar-refractivity contribution in [2.24, 2.45) is 5.92 Å². The van der Waals surface area contributed by atoms with Crippen molar-refractivity contribution in [3.63, 3.8) is 0 Å². The van der Waals surface area contributed by atoms with E-state index in [1.807, 2.05) is 26.0 Å². The lowest BCUT2D eigenvalue weighted by Crippen LogP contribution is -2.45. The molecule has 0 aliphatic carbocycles. The number of benzene rings is 2. The van der Waals surface area contributed by atoms with E-state index in [1.165, 1.54) is 12.1 Å². The average Bonchev–Trinajstić information content (AvgIpc) is 2.97. The molecule has 29 heavy (non-hydrogen) atoms. The van der Waals surface area contributed by atoms with Gasteiger partial charge in [0.2, 0.25) is 5.91 Å². The summed E-state index contributed by atoms with van der Waals surface area (Å²) in [5, 5.41) is 2.69. The summed E-state index contributed by atoms with van der Waals surface area (Å²) < 4.78 is 40.6. The molecule has 1 heterocycles. The molecule has 1 atom stereocenters. The number of carbonyl (C=O) groups excluding carboxylic acids is 2. The predicted molar refractivity (Wildman–Crippen MR) is 101 cm³/mol. The Morgan fingerprint density at radius 3 is 2.38 bits per heavy atom. The fourth-order valence-corrected chi connectivity index (χ4v) is 3.32. The number of fused-ring (bicyclic) bond motifs is 1. The molecule has 1 unspecified atom stereocenters. The van der Waals surface area contributed by atoms with Crippen LogP contribution in [0.25, 0.3) is 0 Å². The van der Waals surface area contributed by atoms with Gasteiger partial charge in [-0.05, 0) is 48.2 Å². The van der Waals surface area contributed by atoms with Crippen LogP contribution in [0.5, 0.6) is 5.75 Å². The molecule has 0 fully saturated rings. The maximum absolute atomic E-state index is 12.9. The van der Waals surface area contributed by atoms with Gasteiger partial charge < -0.3 is 15.0 Å². The Kier molecular flexibility index (Phi) is 5.81. The fourth-order valence-electron chi connectivity index (χ4n) is 3.32.